The minimum Gasteiger partial charge on any atom is -0.323 e. The molecule has 12 heteroatoms. The molecular formula is C20H19F3N6O2S. The highest BCUT2D eigenvalue weighted by molar-refractivity contribution is 8.00. The maximum Gasteiger partial charge on any atom is 0.416 e. The van der Waals surface area contributed by atoms with E-state index >= 15 is 0 Å². The van der Waals surface area contributed by atoms with Crippen LogP contribution in [0.25, 0.3) is 5.78 Å². The summed E-state index contributed by atoms with van der Waals surface area (Å²) in [4.78, 5) is 35.1. The number of alkyl halides is 3. The molecule has 3 heterocycles. The molecule has 4 rings (SSSR count). The van der Waals surface area contributed by atoms with Crippen molar-refractivity contribution >= 4 is 40.7 Å². The Morgan fingerprint density at radius 3 is 2.62 bits per heavy atom. The van der Waals surface area contributed by atoms with Crippen LogP contribution in [-0.4, -0.2) is 43.2 Å². The SMILES string of the molecule is Cc1nc2nc(SC(C)C(=O)N3CC(=O)Nc4cc(C(F)(F)F)ccc43)nn2c(C)c1C. The summed E-state index contributed by atoms with van der Waals surface area (Å²) in [6, 6.07) is 2.90. The average Bonchev–Trinajstić information content (AvgIpc) is 3.11. The van der Waals surface area contributed by atoms with Crippen LogP contribution in [0, 0.1) is 20.8 Å². The third-order valence-electron chi connectivity index (χ3n) is 5.33. The van der Waals surface area contributed by atoms with Crippen LogP contribution < -0.4 is 10.2 Å². The number of nitrogens with one attached hydrogen (secondary N) is 1. The topological polar surface area (TPSA) is 92.5 Å². The van der Waals surface area contributed by atoms with Gasteiger partial charge in [0.25, 0.3) is 5.78 Å². The van der Waals surface area contributed by atoms with Crippen LogP contribution >= 0.6 is 11.8 Å². The van der Waals surface area contributed by atoms with Gasteiger partial charge in [0.2, 0.25) is 17.0 Å². The van der Waals surface area contributed by atoms with Crippen molar-refractivity contribution in [2.24, 2.45) is 0 Å². The standard InChI is InChI=1S/C20H19F3N6O2S/c1-9-10(2)24-18-26-19(27-29(18)11(9)3)32-12(4)17(31)28-8-16(30)25-14-7-13(20(21,22)23)5-6-15(14)28/h5-7,12H,8H2,1-4H3,(H,25,30). The molecule has 1 aliphatic rings. The maximum absolute atomic E-state index is 13.1. The van der Waals surface area contributed by atoms with Gasteiger partial charge in [-0.05, 0) is 51.5 Å². The number of carbonyl (C=O) groups excluding carboxylic acids is 2. The summed E-state index contributed by atoms with van der Waals surface area (Å²) in [7, 11) is 0. The number of rotatable bonds is 3. The molecule has 0 spiro atoms. The van der Waals surface area contributed by atoms with Crippen LogP contribution in [0.4, 0.5) is 24.5 Å². The highest BCUT2D eigenvalue weighted by Crippen LogP contribution is 2.37. The van der Waals surface area contributed by atoms with Crippen molar-refractivity contribution in [1.29, 1.82) is 0 Å². The molecule has 168 valence electrons. The van der Waals surface area contributed by atoms with Gasteiger partial charge in [0.1, 0.15) is 6.54 Å². The first-order chi connectivity index (χ1) is 15.0. The van der Waals surface area contributed by atoms with Gasteiger partial charge in [0.05, 0.1) is 22.2 Å². The smallest absolute Gasteiger partial charge is 0.323 e. The molecule has 3 aromatic rings. The van der Waals surface area contributed by atoms with Crippen LogP contribution in [0.2, 0.25) is 0 Å². The Morgan fingerprint density at radius 2 is 1.94 bits per heavy atom. The lowest BCUT2D eigenvalue weighted by molar-refractivity contribution is -0.137. The second-order valence-electron chi connectivity index (χ2n) is 7.48. The van der Waals surface area contributed by atoms with Gasteiger partial charge in [-0.1, -0.05) is 11.8 Å². The number of fused-ring (bicyclic) bond motifs is 2. The fraction of sp³-hybridized carbons (Fsp3) is 0.350. The van der Waals surface area contributed by atoms with E-state index in [2.05, 4.69) is 20.4 Å². The first-order valence-corrected chi connectivity index (χ1v) is 10.5. The zero-order valence-corrected chi connectivity index (χ0v) is 18.4. The second-order valence-corrected chi connectivity index (χ2v) is 8.78. The fourth-order valence-electron chi connectivity index (χ4n) is 3.38. The Hall–Kier alpha value is -3.15. The summed E-state index contributed by atoms with van der Waals surface area (Å²) >= 11 is 1.09. The van der Waals surface area contributed by atoms with Crippen LogP contribution in [-0.2, 0) is 15.8 Å². The van der Waals surface area contributed by atoms with Crippen LogP contribution in [0.3, 0.4) is 0 Å². The molecule has 1 unspecified atom stereocenters. The number of thioether (sulfide) groups is 1. The molecule has 8 nitrogen and oxygen atoms in total. The lowest BCUT2D eigenvalue weighted by atomic mass is 10.1. The van der Waals surface area contributed by atoms with Crippen LogP contribution in [0.1, 0.15) is 29.4 Å². The Morgan fingerprint density at radius 1 is 1.22 bits per heavy atom. The molecule has 0 fully saturated rings. The Balaban J connectivity index is 1.60. The maximum atomic E-state index is 13.1. The molecule has 0 aliphatic carbocycles. The van der Waals surface area contributed by atoms with E-state index in [-0.39, 0.29) is 17.9 Å². The molecule has 0 bridgehead atoms. The highest BCUT2D eigenvalue weighted by Gasteiger charge is 2.35. The second kappa shape index (κ2) is 7.76. The number of nitrogens with zero attached hydrogens (tertiary/aromatic N) is 5. The number of aromatic nitrogens is 4. The monoisotopic (exact) mass is 464 g/mol. The first kappa shape index (κ1) is 22.1. The molecule has 2 aromatic heterocycles. The van der Waals surface area contributed by atoms with Gasteiger partial charge in [-0.2, -0.15) is 18.2 Å². The van der Waals surface area contributed by atoms with Crippen LogP contribution in [0.15, 0.2) is 23.4 Å². The molecule has 1 N–H and O–H groups in total. The number of halogens is 3. The Bertz CT molecular complexity index is 1260. The summed E-state index contributed by atoms with van der Waals surface area (Å²) in [5, 5.41) is 6.45. The number of carbonyl (C=O) groups is 2. The molecule has 1 aromatic carbocycles. The van der Waals surface area contributed by atoms with Crippen molar-refractivity contribution in [3.8, 4) is 0 Å². The van der Waals surface area contributed by atoms with Gasteiger partial charge in [0, 0.05) is 11.4 Å². The molecule has 32 heavy (non-hydrogen) atoms. The number of anilines is 2. The zero-order chi connectivity index (χ0) is 23.4. The number of amides is 2. The quantitative estimate of drug-likeness (QED) is 0.596. The van der Waals surface area contributed by atoms with E-state index in [0.29, 0.717) is 10.9 Å². The molecule has 0 radical (unpaired) electrons. The third kappa shape index (κ3) is 3.90. The van der Waals surface area contributed by atoms with Gasteiger partial charge in [-0.3, -0.25) is 14.5 Å². The van der Waals surface area contributed by atoms with Crippen molar-refractivity contribution < 1.29 is 22.8 Å². The molecule has 1 aliphatic heterocycles. The number of hydrogen-bond donors (Lipinski definition) is 1. The molecule has 0 saturated heterocycles. The van der Waals surface area contributed by atoms with E-state index in [1.54, 1.807) is 11.4 Å². The van der Waals surface area contributed by atoms with Gasteiger partial charge >= 0.3 is 6.18 Å². The number of aryl methyl sites for hydroxylation is 2. The Kier molecular flexibility index (Phi) is 5.35. The van der Waals surface area contributed by atoms with Gasteiger partial charge in [-0.25, -0.2) is 9.50 Å². The molecular weight excluding hydrogens is 445 g/mol. The first-order valence-electron chi connectivity index (χ1n) is 9.65. The predicted molar refractivity (Wildman–Crippen MR) is 113 cm³/mol. The van der Waals surface area contributed by atoms with E-state index < -0.39 is 28.8 Å². The lowest BCUT2D eigenvalue weighted by Gasteiger charge is -2.31. The Labute approximate surface area is 185 Å². The van der Waals surface area contributed by atoms with Crippen molar-refractivity contribution in [3.05, 3.63) is 40.7 Å². The summed E-state index contributed by atoms with van der Waals surface area (Å²) in [6.07, 6.45) is -4.56. The predicted octanol–water partition coefficient (Wildman–Crippen LogP) is 3.53. The molecule has 1 atom stereocenters. The van der Waals surface area contributed by atoms with E-state index in [1.807, 2.05) is 20.8 Å². The number of hydrogen-bond acceptors (Lipinski definition) is 6. The van der Waals surface area contributed by atoms with Crippen LogP contribution in [0.5, 0.6) is 0 Å². The van der Waals surface area contributed by atoms with Gasteiger partial charge in [-0.15, -0.1) is 5.10 Å². The largest absolute Gasteiger partial charge is 0.416 e. The lowest BCUT2D eigenvalue weighted by Crippen LogP contribution is -2.45. The third-order valence-corrected chi connectivity index (χ3v) is 6.27. The van der Waals surface area contributed by atoms with Crippen molar-refractivity contribution in [2.75, 3.05) is 16.8 Å². The molecule has 0 saturated carbocycles. The van der Waals surface area contributed by atoms with E-state index in [0.717, 1.165) is 40.8 Å². The van der Waals surface area contributed by atoms with Crippen molar-refractivity contribution in [1.82, 2.24) is 19.6 Å². The number of benzene rings is 1. The average molecular weight is 464 g/mol. The van der Waals surface area contributed by atoms with Crippen molar-refractivity contribution in [3.63, 3.8) is 0 Å². The van der Waals surface area contributed by atoms with Crippen molar-refractivity contribution in [2.45, 2.75) is 44.3 Å². The summed E-state index contributed by atoms with van der Waals surface area (Å²) in [5.41, 5.74) is 1.94. The van der Waals surface area contributed by atoms with E-state index in [4.69, 9.17) is 0 Å². The molecule has 2 amide bonds. The van der Waals surface area contributed by atoms with E-state index in [9.17, 15) is 22.8 Å². The summed E-state index contributed by atoms with van der Waals surface area (Å²) in [6.45, 7) is 7.04. The minimum absolute atomic E-state index is 0.0572. The van der Waals surface area contributed by atoms with E-state index in [1.165, 1.54) is 11.0 Å². The summed E-state index contributed by atoms with van der Waals surface area (Å²) < 4.78 is 40.7. The highest BCUT2D eigenvalue weighted by atomic mass is 32.2. The fourth-order valence-corrected chi connectivity index (χ4v) is 4.19. The minimum atomic E-state index is -4.56. The van der Waals surface area contributed by atoms with Gasteiger partial charge in [0.15, 0.2) is 0 Å². The normalized spacial score (nSPS) is 15.0. The summed E-state index contributed by atoms with van der Waals surface area (Å²) in [5.74, 6) is -0.601. The zero-order valence-electron chi connectivity index (χ0n) is 17.6. The van der Waals surface area contributed by atoms with Gasteiger partial charge < -0.3 is 5.32 Å².